The number of carbonyl (C=O) groups is 2. The molecule has 2 saturated heterocycles. The highest BCUT2D eigenvalue weighted by molar-refractivity contribution is 5.99. The predicted octanol–water partition coefficient (Wildman–Crippen LogP) is 1.23. The molecule has 2 fully saturated rings. The average molecular weight is 286 g/mol. The molecule has 2 heterocycles. The summed E-state index contributed by atoms with van der Waals surface area (Å²) in [6, 6.07) is 0. The Kier molecular flexibility index (Phi) is 4.34. The second-order valence-electron chi connectivity index (χ2n) is 5.83. The molecule has 1 N–H and O–H groups in total. The van der Waals surface area contributed by atoms with E-state index in [-0.39, 0.29) is 11.5 Å². The Morgan fingerprint density at radius 3 is 2.50 bits per heavy atom. The number of hydrogen-bond donors (Lipinski definition) is 1. The maximum Gasteiger partial charge on any atom is 0.323 e. The lowest BCUT2D eigenvalue weighted by Gasteiger charge is -2.46. The molecule has 2 aliphatic heterocycles. The Hall–Kier alpha value is -1.14. The number of carboxylic acids is 1. The molecule has 0 aromatic carbocycles. The first-order chi connectivity index (χ1) is 9.44. The van der Waals surface area contributed by atoms with Crippen molar-refractivity contribution >= 4 is 11.9 Å². The van der Waals surface area contributed by atoms with Gasteiger partial charge in [-0.25, -0.2) is 0 Å². The minimum absolute atomic E-state index is 0.278. The van der Waals surface area contributed by atoms with Gasteiger partial charge in [0.1, 0.15) is 0 Å². The van der Waals surface area contributed by atoms with Crippen molar-refractivity contribution in [3.05, 3.63) is 0 Å². The minimum atomic E-state index is -1.51. The molecule has 6 heteroatoms. The van der Waals surface area contributed by atoms with Crippen molar-refractivity contribution < 1.29 is 28.9 Å². The SMILES string of the molecule is COC(=O)C(C)(C(=O)O)C1CCOC2(CCOCC2)C1. The summed E-state index contributed by atoms with van der Waals surface area (Å²) in [7, 11) is 1.23. The van der Waals surface area contributed by atoms with Gasteiger partial charge in [0.2, 0.25) is 0 Å². The van der Waals surface area contributed by atoms with Crippen LogP contribution in [-0.4, -0.2) is 49.6 Å². The van der Waals surface area contributed by atoms with Gasteiger partial charge in [-0.2, -0.15) is 0 Å². The molecule has 20 heavy (non-hydrogen) atoms. The first kappa shape index (κ1) is 15.3. The number of hydrogen-bond acceptors (Lipinski definition) is 5. The lowest BCUT2D eigenvalue weighted by atomic mass is 9.67. The summed E-state index contributed by atoms with van der Waals surface area (Å²) in [5.74, 6) is -2.09. The Morgan fingerprint density at radius 1 is 1.30 bits per heavy atom. The van der Waals surface area contributed by atoms with Gasteiger partial charge in [0.05, 0.1) is 12.7 Å². The van der Waals surface area contributed by atoms with Crippen LogP contribution in [0, 0.1) is 11.3 Å². The number of esters is 1. The normalized spacial score (nSPS) is 28.6. The van der Waals surface area contributed by atoms with E-state index in [1.54, 1.807) is 0 Å². The number of carbonyl (C=O) groups excluding carboxylic acids is 1. The Labute approximate surface area is 118 Å². The van der Waals surface area contributed by atoms with E-state index < -0.39 is 17.4 Å². The van der Waals surface area contributed by atoms with Crippen LogP contribution in [0.25, 0.3) is 0 Å². The summed E-state index contributed by atoms with van der Waals surface area (Å²) in [4.78, 5) is 23.6. The van der Waals surface area contributed by atoms with Crippen LogP contribution in [0.3, 0.4) is 0 Å². The maximum atomic E-state index is 12.0. The zero-order chi connectivity index (χ0) is 14.8. The maximum absolute atomic E-state index is 12.0. The summed E-state index contributed by atoms with van der Waals surface area (Å²) in [6.45, 7) is 3.18. The van der Waals surface area contributed by atoms with Crippen molar-refractivity contribution in [3.63, 3.8) is 0 Å². The van der Waals surface area contributed by atoms with E-state index in [1.807, 2.05) is 0 Å². The Balaban J connectivity index is 2.21. The third-order valence-corrected chi connectivity index (χ3v) is 4.77. The van der Waals surface area contributed by atoms with E-state index in [0.717, 1.165) is 12.8 Å². The van der Waals surface area contributed by atoms with Gasteiger partial charge < -0.3 is 19.3 Å². The number of carboxylic acid groups (broad SMARTS) is 1. The highest BCUT2D eigenvalue weighted by atomic mass is 16.5. The van der Waals surface area contributed by atoms with E-state index in [1.165, 1.54) is 14.0 Å². The van der Waals surface area contributed by atoms with Crippen LogP contribution in [0.1, 0.15) is 32.6 Å². The van der Waals surface area contributed by atoms with Crippen molar-refractivity contribution in [1.82, 2.24) is 0 Å². The van der Waals surface area contributed by atoms with Crippen LogP contribution in [0.2, 0.25) is 0 Å². The summed E-state index contributed by atoms with van der Waals surface area (Å²) in [5, 5.41) is 9.51. The van der Waals surface area contributed by atoms with Crippen molar-refractivity contribution in [3.8, 4) is 0 Å². The zero-order valence-electron chi connectivity index (χ0n) is 12.0. The van der Waals surface area contributed by atoms with Gasteiger partial charge in [0, 0.05) is 19.8 Å². The number of rotatable bonds is 3. The molecular formula is C14H22O6. The first-order valence-corrected chi connectivity index (χ1v) is 6.98. The van der Waals surface area contributed by atoms with Gasteiger partial charge in [-0.3, -0.25) is 9.59 Å². The fourth-order valence-corrected chi connectivity index (χ4v) is 3.25. The molecule has 2 rings (SSSR count). The van der Waals surface area contributed by atoms with E-state index in [2.05, 4.69) is 0 Å². The molecule has 2 unspecified atom stereocenters. The number of ether oxygens (including phenoxy) is 3. The molecule has 0 saturated carbocycles. The molecule has 2 atom stereocenters. The highest BCUT2D eigenvalue weighted by Gasteiger charge is 2.53. The van der Waals surface area contributed by atoms with Crippen LogP contribution < -0.4 is 0 Å². The van der Waals surface area contributed by atoms with Gasteiger partial charge in [0.15, 0.2) is 5.41 Å². The number of methoxy groups -OCH3 is 1. The van der Waals surface area contributed by atoms with E-state index in [9.17, 15) is 14.7 Å². The molecule has 1 spiro atoms. The largest absolute Gasteiger partial charge is 0.480 e. The molecule has 0 aliphatic carbocycles. The second-order valence-corrected chi connectivity index (χ2v) is 5.83. The number of aliphatic carboxylic acids is 1. The van der Waals surface area contributed by atoms with Gasteiger partial charge in [-0.15, -0.1) is 0 Å². The Bertz CT molecular complexity index is 382. The zero-order valence-corrected chi connectivity index (χ0v) is 12.0. The molecule has 6 nitrogen and oxygen atoms in total. The quantitative estimate of drug-likeness (QED) is 0.620. The predicted molar refractivity (Wildman–Crippen MR) is 69.2 cm³/mol. The van der Waals surface area contributed by atoms with Crippen LogP contribution in [-0.2, 0) is 23.8 Å². The molecule has 2 aliphatic rings. The molecule has 0 bridgehead atoms. The molecule has 0 amide bonds. The lowest BCUT2D eigenvalue weighted by Crippen LogP contribution is -2.52. The topological polar surface area (TPSA) is 82.1 Å². The molecule has 114 valence electrons. The van der Waals surface area contributed by atoms with E-state index >= 15 is 0 Å². The fourth-order valence-electron chi connectivity index (χ4n) is 3.25. The third-order valence-electron chi connectivity index (χ3n) is 4.77. The lowest BCUT2D eigenvalue weighted by molar-refractivity contribution is -0.186. The van der Waals surface area contributed by atoms with E-state index in [0.29, 0.717) is 32.7 Å². The van der Waals surface area contributed by atoms with E-state index in [4.69, 9.17) is 14.2 Å². The van der Waals surface area contributed by atoms with Crippen molar-refractivity contribution in [2.75, 3.05) is 26.9 Å². The van der Waals surface area contributed by atoms with Crippen LogP contribution in [0.15, 0.2) is 0 Å². The molecule has 0 aromatic heterocycles. The van der Waals surface area contributed by atoms with Crippen molar-refractivity contribution in [2.45, 2.75) is 38.2 Å². The minimum Gasteiger partial charge on any atom is -0.480 e. The summed E-state index contributed by atoms with van der Waals surface area (Å²) >= 11 is 0. The van der Waals surface area contributed by atoms with Gasteiger partial charge in [-0.05, 0) is 38.5 Å². The summed E-state index contributed by atoms with van der Waals surface area (Å²) < 4.78 is 16.0. The standard InChI is InChI=1S/C14H22O6/c1-13(11(15)16,12(17)18-2)10-3-6-20-14(9-10)4-7-19-8-5-14/h10H,3-9H2,1-2H3,(H,15,16). The second kappa shape index (κ2) is 5.69. The van der Waals surface area contributed by atoms with Gasteiger partial charge in [-0.1, -0.05) is 0 Å². The molecule has 0 radical (unpaired) electrons. The van der Waals surface area contributed by atoms with Crippen molar-refractivity contribution in [1.29, 1.82) is 0 Å². The first-order valence-electron chi connectivity index (χ1n) is 6.98. The van der Waals surface area contributed by atoms with Gasteiger partial charge >= 0.3 is 11.9 Å². The van der Waals surface area contributed by atoms with Crippen LogP contribution >= 0.6 is 0 Å². The molecular weight excluding hydrogens is 264 g/mol. The average Bonchev–Trinajstić information content (AvgIpc) is 2.46. The monoisotopic (exact) mass is 286 g/mol. The highest BCUT2D eigenvalue weighted by Crippen LogP contribution is 2.45. The third kappa shape index (κ3) is 2.54. The van der Waals surface area contributed by atoms with Gasteiger partial charge in [0.25, 0.3) is 0 Å². The fraction of sp³-hybridized carbons (Fsp3) is 0.857. The Morgan fingerprint density at radius 2 is 1.95 bits per heavy atom. The van der Waals surface area contributed by atoms with Crippen molar-refractivity contribution in [2.24, 2.45) is 11.3 Å². The molecule has 0 aromatic rings. The summed E-state index contributed by atoms with van der Waals surface area (Å²) in [5.41, 5.74) is -1.85. The summed E-state index contributed by atoms with van der Waals surface area (Å²) in [6.07, 6.45) is 2.62. The van der Waals surface area contributed by atoms with Crippen LogP contribution in [0.4, 0.5) is 0 Å². The van der Waals surface area contributed by atoms with Crippen LogP contribution in [0.5, 0.6) is 0 Å². The smallest absolute Gasteiger partial charge is 0.323 e.